The molecule has 0 spiro atoms. The molecule has 34 heavy (non-hydrogen) atoms. The third kappa shape index (κ3) is 6.67. The second-order valence-corrected chi connectivity index (χ2v) is 8.64. The molecular weight excluding hydrogens is 543 g/mol. The van der Waals surface area contributed by atoms with Gasteiger partial charge in [-0.15, -0.1) is 0 Å². The van der Waals surface area contributed by atoms with Crippen LogP contribution in [0, 0.1) is 11.3 Å². The molecule has 0 unspecified atom stereocenters. The van der Waals surface area contributed by atoms with E-state index in [1.54, 1.807) is 24.3 Å². The molecule has 3 aromatic rings. The molecule has 9 heteroatoms. The number of phenols is 1. The molecule has 0 fully saturated rings. The minimum absolute atomic E-state index is 0.0730. The van der Waals surface area contributed by atoms with E-state index >= 15 is 0 Å². The maximum Gasteiger partial charge on any atom is 0.266 e. The fraction of sp³-hybridized carbons (Fsp3) is 0.120. The van der Waals surface area contributed by atoms with Crippen LogP contribution in [-0.4, -0.2) is 17.6 Å². The van der Waals surface area contributed by atoms with Crippen molar-refractivity contribution in [2.45, 2.75) is 13.5 Å². The highest BCUT2D eigenvalue weighted by Crippen LogP contribution is 2.38. The Morgan fingerprint density at radius 2 is 1.85 bits per heavy atom. The summed E-state index contributed by atoms with van der Waals surface area (Å²) in [6.07, 6.45) is 1.45. The molecule has 0 atom stereocenters. The number of carbonyl (C=O) groups excluding carboxylic acids is 1. The quantitative estimate of drug-likeness (QED) is 0.176. The van der Waals surface area contributed by atoms with Crippen LogP contribution in [0.25, 0.3) is 6.08 Å². The second-order valence-electron chi connectivity index (χ2n) is 6.97. The van der Waals surface area contributed by atoms with Crippen molar-refractivity contribution in [2.75, 3.05) is 11.9 Å². The molecule has 174 valence electrons. The molecule has 0 saturated carbocycles. The van der Waals surface area contributed by atoms with Gasteiger partial charge in [-0.2, -0.15) is 5.26 Å². The van der Waals surface area contributed by atoms with Crippen molar-refractivity contribution in [3.05, 3.63) is 85.8 Å². The first-order valence-electron chi connectivity index (χ1n) is 10.1. The molecule has 3 aromatic carbocycles. The molecule has 0 saturated heterocycles. The van der Waals surface area contributed by atoms with Crippen LogP contribution in [-0.2, 0) is 11.4 Å². The smallest absolute Gasteiger partial charge is 0.266 e. The van der Waals surface area contributed by atoms with Crippen LogP contribution in [0.4, 0.5) is 5.69 Å². The van der Waals surface area contributed by atoms with E-state index in [2.05, 4.69) is 21.2 Å². The number of nitriles is 1. The number of nitrogens with one attached hydrogen (secondary N) is 1. The summed E-state index contributed by atoms with van der Waals surface area (Å²) in [6, 6.07) is 16.5. The maximum absolute atomic E-state index is 12.6. The molecule has 0 aromatic heterocycles. The predicted molar refractivity (Wildman–Crippen MR) is 136 cm³/mol. The monoisotopic (exact) mass is 560 g/mol. The van der Waals surface area contributed by atoms with Gasteiger partial charge in [0.15, 0.2) is 11.5 Å². The summed E-state index contributed by atoms with van der Waals surface area (Å²) < 4.78 is 12.3. The number of benzene rings is 3. The number of nitrogens with zero attached hydrogens (tertiary/aromatic N) is 1. The average molecular weight is 562 g/mol. The van der Waals surface area contributed by atoms with Gasteiger partial charge in [0.2, 0.25) is 0 Å². The van der Waals surface area contributed by atoms with Gasteiger partial charge in [-0.1, -0.05) is 29.3 Å². The summed E-state index contributed by atoms with van der Waals surface area (Å²) in [7, 11) is 0. The van der Waals surface area contributed by atoms with Gasteiger partial charge in [0.1, 0.15) is 24.0 Å². The van der Waals surface area contributed by atoms with Crippen molar-refractivity contribution >= 4 is 56.8 Å². The van der Waals surface area contributed by atoms with Gasteiger partial charge < -0.3 is 19.9 Å². The number of amides is 1. The van der Waals surface area contributed by atoms with E-state index in [4.69, 9.17) is 32.7 Å². The van der Waals surface area contributed by atoms with Gasteiger partial charge in [-0.05, 0) is 88.6 Å². The van der Waals surface area contributed by atoms with Crippen molar-refractivity contribution in [2.24, 2.45) is 0 Å². The maximum atomic E-state index is 12.6. The highest BCUT2D eigenvalue weighted by molar-refractivity contribution is 9.10. The van der Waals surface area contributed by atoms with E-state index in [0.717, 1.165) is 5.56 Å². The number of halogens is 3. The first-order chi connectivity index (χ1) is 16.3. The van der Waals surface area contributed by atoms with E-state index in [0.29, 0.717) is 43.9 Å². The third-order valence-corrected chi connectivity index (χ3v) is 5.83. The Kier molecular flexibility index (Phi) is 8.83. The summed E-state index contributed by atoms with van der Waals surface area (Å²) in [6.45, 7) is 2.45. The SMILES string of the molecule is CCOc1cc(/C=C(\C#N)C(=O)Nc2ccc(O)cc2)cc(Br)c1OCc1ccc(Cl)c(Cl)c1. The first-order valence-corrected chi connectivity index (χ1v) is 11.6. The fourth-order valence-electron chi connectivity index (χ4n) is 2.92. The standard InChI is InChI=1S/C25H19BrCl2N2O4/c1-2-33-23-12-16(9-17(13-29)25(32)30-18-4-6-19(31)7-5-18)10-20(26)24(23)34-14-15-3-8-21(27)22(28)11-15/h3-12,31H,2,14H2,1H3,(H,30,32)/b17-9+. The Bertz CT molecular complexity index is 1270. The average Bonchev–Trinajstić information content (AvgIpc) is 2.80. The zero-order valence-electron chi connectivity index (χ0n) is 17.9. The van der Waals surface area contributed by atoms with Gasteiger partial charge in [0.05, 0.1) is 21.1 Å². The molecule has 0 heterocycles. The van der Waals surface area contributed by atoms with Crippen molar-refractivity contribution < 1.29 is 19.4 Å². The lowest BCUT2D eigenvalue weighted by Crippen LogP contribution is -2.13. The fourth-order valence-corrected chi connectivity index (χ4v) is 3.81. The second kappa shape index (κ2) is 11.8. The topological polar surface area (TPSA) is 91.6 Å². The molecule has 3 rings (SSSR count). The molecule has 6 nitrogen and oxygen atoms in total. The molecule has 2 N–H and O–H groups in total. The van der Waals surface area contributed by atoms with Gasteiger partial charge in [-0.25, -0.2) is 0 Å². The lowest BCUT2D eigenvalue weighted by molar-refractivity contribution is -0.112. The van der Waals surface area contributed by atoms with E-state index in [1.165, 1.54) is 30.3 Å². The number of rotatable bonds is 8. The molecule has 0 radical (unpaired) electrons. The Morgan fingerprint density at radius 3 is 2.50 bits per heavy atom. The number of hydrogen-bond donors (Lipinski definition) is 2. The summed E-state index contributed by atoms with van der Waals surface area (Å²) in [5.74, 6) is 0.405. The Morgan fingerprint density at radius 1 is 1.12 bits per heavy atom. The Hall–Kier alpha value is -3.18. The molecule has 0 bridgehead atoms. The van der Waals surface area contributed by atoms with Crippen LogP contribution in [0.15, 0.2) is 64.6 Å². The first kappa shape index (κ1) is 25.4. The van der Waals surface area contributed by atoms with Crippen LogP contribution in [0.3, 0.4) is 0 Å². The zero-order chi connectivity index (χ0) is 24.7. The molecule has 0 aliphatic carbocycles. The van der Waals surface area contributed by atoms with E-state index in [1.807, 2.05) is 19.1 Å². The summed E-state index contributed by atoms with van der Waals surface area (Å²) in [5.41, 5.74) is 1.73. The van der Waals surface area contributed by atoms with Gasteiger partial charge >= 0.3 is 0 Å². The van der Waals surface area contributed by atoms with Gasteiger partial charge in [0, 0.05) is 5.69 Å². The normalized spacial score (nSPS) is 11.0. The van der Waals surface area contributed by atoms with Crippen molar-refractivity contribution in [3.8, 4) is 23.3 Å². The lowest BCUT2D eigenvalue weighted by atomic mass is 10.1. The molecule has 1 amide bonds. The summed E-state index contributed by atoms with van der Waals surface area (Å²) >= 11 is 15.5. The highest BCUT2D eigenvalue weighted by atomic mass is 79.9. The van der Waals surface area contributed by atoms with Crippen molar-refractivity contribution in [1.82, 2.24) is 0 Å². The zero-order valence-corrected chi connectivity index (χ0v) is 21.0. The number of aromatic hydroxyl groups is 1. The molecular formula is C25H19BrCl2N2O4. The number of anilines is 1. The van der Waals surface area contributed by atoms with E-state index < -0.39 is 5.91 Å². The van der Waals surface area contributed by atoms with Crippen LogP contribution in [0.2, 0.25) is 10.0 Å². The third-order valence-electron chi connectivity index (χ3n) is 4.50. The molecule has 0 aliphatic heterocycles. The van der Waals surface area contributed by atoms with E-state index in [-0.39, 0.29) is 17.9 Å². The Labute approximate surface area is 215 Å². The number of hydrogen-bond acceptors (Lipinski definition) is 5. The summed E-state index contributed by atoms with van der Waals surface area (Å²) in [5, 5.41) is 22.4. The van der Waals surface area contributed by atoms with Crippen LogP contribution >= 0.6 is 39.1 Å². The minimum atomic E-state index is -0.581. The van der Waals surface area contributed by atoms with E-state index in [9.17, 15) is 15.2 Å². The Balaban J connectivity index is 1.84. The van der Waals surface area contributed by atoms with Crippen molar-refractivity contribution in [3.63, 3.8) is 0 Å². The van der Waals surface area contributed by atoms with Crippen LogP contribution < -0.4 is 14.8 Å². The number of phenolic OH excluding ortho intramolecular Hbond substituents is 1. The van der Waals surface area contributed by atoms with Gasteiger partial charge in [0.25, 0.3) is 5.91 Å². The number of carbonyl (C=O) groups is 1. The predicted octanol–water partition coefficient (Wildman–Crippen LogP) is 6.98. The largest absolute Gasteiger partial charge is 0.508 e. The molecule has 0 aliphatic rings. The minimum Gasteiger partial charge on any atom is -0.508 e. The lowest BCUT2D eigenvalue weighted by Gasteiger charge is -2.15. The van der Waals surface area contributed by atoms with Crippen molar-refractivity contribution in [1.29, 1.82) is 5.26 Å². The highest BCUT2D eigenvalue weighted by Gasteiger charge is 2.15. The number of ether oxygens (including phenoxy) is 2. The summed E-state index contributed by atoms with van der Waals surface area (Å²) in [4.78, 5) is 12.6. The van der Waals surface area contributed by atoms with Crippen LogP contribution in [0.1, 0.15) is 18.1 Å². The van der Waals surface area contributed by atoms with Gasteiger partial charge in [-0.3, -0.25) is 4.79 Å². The van der Waals surface area contributed by atoms with Crippen LogP contribution in [0.5, 0.6) is 17.2 Å².